The van der Waals surface area contributed by atoms with E-state index in [4.69, 9.17) is 0 Å². The van der Waals surface area contributed by atoms with Gasteiger partial charge in [-0.2, -0.15) is 0 Å². The van der Waals surface area contributed by atoms with Crippen molar-refractivity contribution in [1.82, 2.24) is 5.32 Å². The van der Waals surface area contributed by atoms with Crippen LogP contribution in [0.15, 0.2) is 60.7 Å². The summed E-state index contributed by atoms with van der Waals surface area (Å²) in [7, 11) is -0.643. The Morgan fingerprint density at radius 1 is 0.806 bits per heavy atom. The molecule has 0 bridgehead atoms. The molecule has 0 heterocycles. The molecule has 2 nitrogen and oxygen atoms in total. The second kappa shape index (κ2) is 14.1. The molecular weight excluding hydrogens is 441 g/mol. The maximum Gasteiger partial charge on any atom is 2.00 e. The molecule has 2 aromatic rings. The molecule has 1 atom stereocenters. The Labute approximate surface area is 201 Å². The molecule has 0 unspecified atom stereocenters. The van der Waals surface area contributed by atoms with Crippen molar-refractivity contribution in [3.63, 3.8) is 0 Å². The second-order valence-electron chi connectivity index (χ2n) is 6.98. The van der Waals surface area contributed by atoms with Crippen molar-refractivity contribution in [2.45, 2.75) is 26.3 Å². The normalized spacial score (nSPS) is 17.5. The van der Waals surface area contributed by atoms with Gasteiger partial charge in [0.25, 0.3) is 0 Å². The van der Waals surface area contributed by atoms with E-state index in [1.807, 2.05) is 39.0 Å². The van der Waals surface area contributed by atoms with E-state index in [1.165, 1.54) is 22.2 Å². The Hall–Kier alpha value is -1.14. The second-order valence-corrected chi connectivity index (χ2v) is 9.16. The van der Waals surface area contributed by atoms with Crippen molar-refractivity contribution in [3.8, 4) is 0 Å². The van der Waals surface area contributed by atoms with Crippen LogP contribution in [0.4, 0.5) is 0 Å². The maximum absolute atomic E-state index is 11.8. The predicted molar refractivity (Wildman–Crippen MR) is 128 cm³/mol. The van der Waals surface area contributed by atoms with Gasteiger partial charge in [-0.1, -0.05) is 67.6 Å². The van der Waals surface area contributed by atoms with Crippen molar-refractivity contribution < 1.29 is 21.9 Å². The quantitative estimate of drug-likeness (QED) is 0.479. The molecule has 31 heavy (non-hydrogen) atoms. The molecular formula is C27H28FeNOP+2. The summed E-state index contributed by atoms with van der Waals surface area (Å²) >= 11 is 0. The SMILES string of the molecule is CCC(=O)N[C@H](C)[C]1[CH][CH][CH][C]1P(c1ccccc1)c1ccccc1.[CH]1[CH][CH][CH][CH]1.[Fe+2]. The smallest absolute Gasteiger partial charge is 0.353 e. The molecule has 10 radical (unpaired) electrons. The summed E-state index contributed by atoms with van der Waals surface area (Å²) in [5.74, 6) is 1.30. The summed E-state index contributed by atoms with van der Waals surface area (Å²) in [6, 6.07) is 21.3. The van der Waals surface area contributed by atoms with Crippen LogP contribution in [-0.2, 0) is 21.9 Å². The molecule has 0 aromatic heterocycles. The van der Waals surface area contributed by atoms with Crippen LogP contribution in [0.3, 0.4) is 0 Å². The van der Waals surface area contributed by atoms with Crippen molar-refractivity contribution in [1.29, 1.82) is 0 Å². The van der Waals surface area contributed by atoms with Gasteiger partial charge in [0.2, 0.25) is 5.91 Å². The minimum atomic E-state index is -0.643. The largest absolute Gasteiger partial charge is 2.00 e. The Kier molecular flexibility index (Phi) is 11.9. The molecule has 1 N–H and O–H groups in total. The maximum atomic E-state index is 11.8. The molecule has 2 aliphatic rings. The number of hydrogen-bond donors (Lipinski definition) is 1. The summed E-state index contributed by atoms with van der Waals surface area (Å²) in [4.78, 5) is 11.8. The van der Waals surface area contributed by atoms with Crippen LogP contribution in [0, 0.1) is 62.9 Å². The number of benzene rings is 2. The molecule has 2 saturated carbocycles. The van der Waals surface area contributed by atoms with Crippen molar-refractivity contribution >= 4 is 24.4 Å². The van der Waals surface area contributed by atoms with Gasteiger partial charge in [0, 0.05) is 24.0 Å². The van der Waals surface area contributed by atoms with E-state index in [0.29, 0.717) is 6.42 Å². The van der Waals surface area contributed by atoms with Crippen LogP contribution in [0.25, 0.3) is 0 Å². The fourth-order valence-electron chi connectivity index (χ4n) is 3.32. The molecule has 2 fully saturated rings. The van der Waals surface area contributed by atoms with Crippen molar-refractivity contribution in [2.24, 2.45) is 0 Å². The van der Waals surface area contributed by atoms with Gasteiger partial charge in [0.1, 0.15) is 0 Å². The van der Waals surface area contributed by atoms with Crippen LogP contribution in [0.5, 0.6) is 0 Å². The van der Waals surface area contributed by atoms with Crippen molar-refractivity contribution in [3.05, 3.63) is 124 Å². The Morgan fingerprint density at radius 3 is 1.74 bits per heavy atom. The fourth-order valence-corrected chi connectivity index (χ4v) is 5.87. The monoisotopic (exact) mass is 469 g/mol. The van der Waals surface area contributed by atoms with E-state index in [0.717, 1.165) is 0 Å². The zero-order valence-corrected chi connectivity index (χ0v) is 19.9. The van der Waals surface area contributed by atoms with Crippen LogP contribution in [-0.4, -0.2) is 11.9 Å². The first kappa shape index (κ1) is 26.1. The molecule has 1 amide bonds. The van der Waals surface area contributed by atoms with Gasteiger partial charge in [0.05, 0.1) is 0 Å². The van der Waals surface area contributed by atoms with E-state index in [1.54, 1.807) is 0 Å². The molecule has 158 valence electrons. The average molecular weight is 469 g/mol. The van der Waals surface area contributed by atoms with Gasteiger partial charge < -0.3 is 5.32 Å². The number of carbonyl (C=O) groups is 1. The van der Waals surface area contributed by atoms with Crippen LogP contribution >= 0.6 is 7.92 Å². The third-order valence-corrected chi connectivity index (χ3v) is 7.33. The number of hydrogen-bond acceptors (Lipinski definition) is 1. The summed E-state index contributed by atoms with van der Waals surface area (Å²) in [5, 5.41) is 5.75. The van der Waals surface area contributed by atoms with Gasteiger partial charge >= 0.3 is 17.1 Å². The summed E-state index contributed by atoms with van der Waals surface area (Å²) in [6.07, 6.45) is 16.9. The first-order valence-corrected chi connectivity index (χ1v) is 11.7. The van der Waals surface area contributed by atoms with Crippen LogP contribution in [0.1, 0.15) is 20.3 Å². The number of carbonyl (C=O) groups excluding carboxylic acids is 1. The fraction of sp³-hybridized carbons (Fsp3) is 0.148. The molecule has 4 heteroatoms. The van der Waals surface area contributed by atoms with Gasteiger partial charge in [-0.3, -0.25) is 4.79 Å². The molecule has 0 spiro atoms. The third kappa shape index (κ3) is 7.74. The zero-order chi connectivity index (χ0) is 21.2. The van der Waals surface area contributed by atoms with Gasteiger partial charge in [-0.05, 0) is 76.8 Å². The predicted octanol–water partition coefficient (Wildman–Crippen LogP) is 4.79. The van der Waals surface area contributed by atoms with Crippen LogP contribution in [0.2, 0.25) is 0 Å². The zero-order valence-electron chi connectivity index (χ0n) is 17.9. The van der Waals surface area contributed by atoms with Crippen molar-refractivity contribution in [2.75, 3.05) is 0 Å². The molecule has 2 aromatic carbocycles. The Bertz CT molecular complexity index is 703. The Morgan fingerprint density at radius 2 is 1.29 bits per heavy atom. The first-order chi connectivity index (χ1) is 14.7. The number of nitrogens with one attached hydrogen (secondary N) is 1. The minimum absolute atomic E-state index is 0. The molecule has 0 aliphatic heterocycles. The molecule has 0 saturated heterocycles. The summed E-state index contributed by atoms with van der Waals surface area (Å²) in [6.45, 7) is 3.95. The first-order valence-electron chi connectivity index (χ1n) is 10.3. The molecule has 2 aliphatic carbocycles. The van der Waals surface area contributed by atoms with Gasteiger partial charge in [-0.15, -0.1) is 0 Å². The standard InChI is InChI=1S/C22H23NOP.C5H5.Fe/c1-3-22(24)23-17(2)20-15-10-16-21(20)25(18-11-6-4-7-12-18)19-13-8-5-9-14-19;1-2-4-5-3-1;/h4-17H,3H2,1-2H3,(H,23,24);1-5H;/q;;+2/t17-;;/m1../s1. The Balaban J connectivity index is 0.000000501. The van der Waals surface area contributed by atoms with Crippen LogP contribution < -0.4 is 15.9 Å². The van der Waals surface area contributed by atoms with E-state index < -0.39 is 7.92 Å². The summed E-state index contributed by atoms with van der Waals surface area (Å²) < 4.78 is 0. The minimum Gasteiger partial charge on any atom is -0.353 e. The molecule has 4 rings (SSSR count). The van der Waals surface area contributed by atoms with E-state index in [-0.39, 0.29) is 29.0 Å². The van der Waals surface area contributed by atoms with E-state index >= 15 is 0 Å². The topological polar surface area (TPSA) is 29.1 Å². The average Bonchev–Trinajstić information content (AvgIpc) is 3.51. The van der Waals surface area contributed by atoms with Gasteiger partial charge in [-0.25, -0.2) is 0 Å². The number of amides is 1. The summed E-state index contributed by atoms with van der Waals surface area (Å²) in [5.41, 5.74) is 1.32. The number of rotatable bonds is 6. The van der Waals surface area contributed by atoms with Gasteiger partial charge in [0.15, 0.2) is 0 Å². The van der Waals surface area contributed by atoms with E-state index in [9.17, 15) is 4.79 Å². The third-order valence-electron chi connectivity index (χ3n) is 4.82. The van der Waals surface area contributed by atoms with E-state index in [2.05, 4.69) is 92.2 Å².